The molecule has 0 bridgehead atoms. The van der Waals surface area contributed by atoms with E-state index in [1.54, 1.807) is 4.90 Å². The summed E-state index contributed by atoms with van der Waals surface area (Å²) in [5.74, 6) is 0.00603. The first-order chi connectivity index (χ1) is 7.97. The van der Waals surface area contributed by atoms with Gasteiger partial charge in [0.1, 0.15) is 6.04 Å². The van der Waals surface area contributed by atoms with Gasteiger partial charge in [0.05, 0.1) is 6.54 Å². The Bertz CT molecular complexity index is 291. The molecular formula is C12H23N3O2. The van der Waals surface area contributed by atoms with Crippen LogP contribution in [0, 0.1) is 0 Å². The molecule has 0 aromatic rings. The summed E-state index contributed by atoms with van der Waals surface area (Å²) < 4.78 is 0. The lowest BCUT2D eigenvalue weighted by Gasteiger charge is -2.39. The summed E-state index contributed by atoms with van der Waals surface area (Å²) in [5.41, 5.74) is 0. The summed E-state index contributed by atoms with van der Waals surface area (Å²) in [6.45, 7) is 5.02. The molecule has 17 heavy (non-hydrogen) atoms. The number of carbonyl (C=O) groups is 2. The summed E-state index contributed by atoms with van der Waals surface area (Å²) >= 11 is 0. The third kappa shape index (κ3) is 3.43. The van der Waals surface area contributed by atoms with Crippen LogP contribution in [0.1, 0.15) is 26.7 Å². The standard InChI is InChI=1S/C12H23N3O2/c1-5-10-12(17)13-8-11(16)15(10)9(2)6-7-14(3)4/h9-10H,5-8H2,1-4H3,(H,13,17). The first kappa shape index (κ1) is 14.0. The van der Waals surface area contributed by atoms with E-state index in [1.807, 2.05) is 27.9 Å². The van der Waals surface area contributed by atoms with E-state index < -0.39 is 0 Å². The van der Waals surface area contributed by atoms with Crippen LogP contribution in [0.5, 0.6) is 0 Å². The zero-order valence-electron chi connectivity index (χ0n) is 11.2. The number of hydrogen-bond acceptors (Lipinski definition) is 3. The number of carbonyl (C=O) groups excluding carboxylic acids is 2. The van der Waals surface area contributed by atoms with Gasteiger partial charge in [0.15, 0.2) is 0 Å². The number of rotatable bonds is 5. The van der Waals surface area contributed by atoms with Crippen LogP contribution in [0.25, 0.3) is 0 Å². The second-order valence-electron chi connectivity index (χ2n) is 4.88. The van der Waals surface area contributed by atoms with E-state index in [9.17, 15) is 9.59 Å². The van der Waals surface area contributed by atoms with Crippen LogP contribution in [0.2, 0.25) is 0 Å². The van der Waals surface area contributed by atoms with Gasteiger partial charge < -0.3 is 15.1 Å². The van der Waals surface area contributed by atoms with Gasteiger partial charge in [0.2, 0.25) is 11.8 Å². The minimum atomic E-state index is -0.298. The van der Waals surface area contributed by atoms with Gasteiger partial charge in [0, 0.05) is 6.04 Å². The fourth-order valence-corrected chi connectivity index (χ4v) is 2.19. The zero-order valence-corrected chi connectivity index (χ0v) is 11.2. The summed E-state index contributed by atoms with van der Waals surface area (Å²) in [5, 5.41) is 2.64. The van der Waals surface area contributed by atoms with Gasteiger partial charge in [-0.1, -0.05) is 6.92 Å². The summed E-state index contributed by atoms with van der Waals surface area (Å²) in [4.78, 5) is 27.4. The number of nitrogens with zero attached hydrogens (tertiary/aromatic N) is 2. The predicted molar refractivity (Wildman–Crippen MR) is 66.6 cm³/mol. The van der Waals surface area contributed by atoms with Gasteiger partial charge in [-0.15, -0.1) is 0 Å². The molecule has 0 radical (unpaired) electrons. The lowest BCUT2D eigenvalue weighted by atomic mass is 10.0. The molecule has 1 aliphatic heterocycles. The summed E-state index contributed by atoms with van der Waals surface area (Å²) in [7, 11) is 4.02. The SMILES string of the molecule is CCC1C(=O)NCC(=O)N1C(C)CCN(C)C. The van der Waals surface area contributed by atoms with E-state index in [-0.39, 0.29) is 30.4 Å². The topological polar surface area (TPSA) is 52.7 Å². The normalized spacial score (nSPS) is 22.9. The Hall–Kier alpha value is -1.10. The predicted octanol–water partition coefficient (Wildman–Crippen LogP) is 0.0636. The van der Waals surface area contributed by atoms with Crippen molar-refractivity contribution in [3.8, 4) is 0 Å². The van der Waals surface area contributed by atoms with Crippen molar-refractivity contribution in [2.45, 2.75) is 38.8 Å². The van der Waals surface area contributed by atoms with Crippen LogP contribution in [-0.2, 0) is 9.59 Å². The molecule has 2 amide bonds. The minimum absolute atomic E-state index is 0.0243. The Morgan fingerprint density at radius 2 is 2.12 bits per heavy atom. The van der Waals surface area contributed by atoms with Gasteiger partial charge in [-0.3, -0.25) is 9.59 Å². The number of amides is 2. The number of hydrogen-bond donors (Lipinski definition) is 1. The van der Waals surface area contributed by atoms with Crippen molar-refractivity contribution >= 4 is 11.8 Å². The maximum Gasteiger partial charge on any atom is 0.243 e. The minimum Gasteiger partial charge on any atom is -0.345 e. The molecule has 1 fully saturated rings. The maximum atomic E-state index is 11.9. The van der Waals surface area contributed by atoms with E-state index in [2.05, 4.69) is 10.2 Å². The van der Waals surface area contributed by atoms with Crippen molar-refractivity contribution < 1.29 is 9.59 Å². The third-order valence-corrected chi connectivity index (χ3v) is 3.20. The summed E-state index contributed by atoms with van der Waals surface area (Å²) in [6.07, 6.45) is 1.56. The van der Waals surface area contributed by atoms with Crippen LogP contribution < -0.4 is 5.32 Å². The van der Waals surface area contributed by atoms with Gasteiger partial charge in [-0.25, -0.2) is 0 Å². The van der Waals surface area contributed by atoms with Gasteiger partial charge in [-0.2, -0.15) is 0 Å². The largest absolute Gasteiger partial charge is 0.345 e. The first-order valence-corrected chi connectivity index (χ1v) is 6.21. The van der Waals surface area contributed by atoms with Gasteiger partial charge in [-0.05, 0) is 40.4 Å². The maximum absolute atomic E-state index is 11.9. The molecule has 98 valence electrons. The monoisotopic (exact) mass is 241 g/mol. The fraction of sp³-hybridized carbons (Fsp3) is 0.833. The fourth-order valence-electron chi connectivity index (χ4n) is 2.19. The molecule has 0 aromatic carbocycles. The van der Waals surface area contributed by atoms with Crippen LogP contribution in [-0.4, -0.2) is 60.9 Å². The second-order valence-corrected chi connectivity index (χ2v) is 4.88. The Morgan fingerprint density at radius 3 is 2.65 bits per heavy atom. The molecule has 2 atom stereocenters. The van der Waals surface area contributed by atoms with Crippen LogP contribution in [0.3, 0.4) is 0 Å². The second kappa shape index (κ2) is 6.00. The molecule has 5 nitrogen and oxygen atoms in total. The highest BCUT2D eigenvalue weighted by Crippen LogP contribution is 2.15. The Balaban J connectivity index is 2.68. The molecule has 0 aromatic heterocycles. The van der Waals surface area contributed by atoms with Crippen molar-refractivity contribution in [3.05, 3.63) is 0 Å². The van der Waals surface area contributed by atoms with Gasteiger partial charge in [0.25, 0.3) is 0 Å². The van der Waals surface area contributed by atoms with E-state index >= 15 is 0 Å². The average molecular weight is 241 g/mol. The van der Waals surface area contributed by atoms with Crippen LogP contribution in [0.4, 0.5) is 0 Å². The molecule has 1 heterocycles. The molecule has 5 heteroatoms. The highest BCUT2D eigenvalue weighted by molar-refractivity contribution is 5.94. The van der Waals surface area contributed by atoms with Crippen molar-refractivity contribution in [1.82, 2.24) is 15.1 Å². The first-order valence-electron chi connectivity index (χ1n) is 6.21. The van der Waals surface area contributed by atoms with Crippen LogP contribution in [0.15, 0.2) is 0 Å². The molecule has 1 N–H and O–H groups in total. The van der Waals surface area contributed by atoms with E-state index in [0.29, 0.717) is 6.42 Å². The van der Waals surface area contributed by atoms with E-state index in [0.717, 1.165) is 13.0 Å². The highest BCUT2D eigenvalue weighted by Gasteiger charge is 2.35. The molecule has 0 spiro atoms. The van der Waals surface area contributed by atoms with Crippen molar-refractivity contribution in [1.29, 1.82) is 0 Å². The van der Waals surface area contributed by atoms with E-state index in [1.165, 1.54) is 0 Å². The number of nitrogens with one attached hydrogen (secondary N) is 1. The lowest BCUT2D eigenvalue weighted by Crippen LogP contribution is -2.60. The third-order valence-electron chi connectivity index (χ3n) is 3.20. The lowest BCUT2D eigenvalue weighted by molar-refractivity contribution is -0.148. The van der Waals surface area contributed by atoms with Gasteiger partial charge >= 0.3 is 0 Å². The molecular weight excluding hydrogens is 218 g/mol. The molecule has 1 rings (SSSR count). The quantitative estimate of drug-likeness (QED) is 0.741. The molecule has 0 aliphatic carbocycles. The van der Waals surface area contributed by atoms with Crippen molar-refractivity contribution in [3.63, 3.8) is 0 Å². The zero-order chi connectivity index (χ0) is 13.0. The Labute approximate surface area is 103 Å². The van der Waals surface area contributed by atoms with E-state index in [4.69, 9.17) is 0 Å². The van der Waals surface area contributed by atoms with Crippen molar-refractivity contribution in [2.24, 2.45) is 0 Å². The molecule has 2 unspecified atom stereocenters. The average Bonchev–Trinajstić information content (AvgIpc) is 2.28. The molecule has 1 saturated heterocycles. The van der Waals surface area contributed by atoms with Crippen molar-refractivity contribution in [2.75, 3.05) is 27.2 Å². The van der Waals surface area contributed by atoms with Crippen LogP contribution >= 0.6 is 0 Å². The Morgan fingerprint density at radius 1 is 1.47 bits per heavy atom. The Kier molecular flexibility index (Phi) is 4.93. The molecule has 1 aliphatic rings. The number of piperazine rings is 1. The summed E-state index contributed by atoms with van der Waals surface area (Å²) in [6, 6.07) is -0.186. The smallest absolute Gasteiger partial charge is 0.243 e. The molecule has 0 saturated carbocycles. The highest BCUT2D eigenvalue weighted by atomic mass is 16.2.